The number of hydrogen-bond donors (Lipinski definition) is 1. The van der Waals surface area contributed by atoms with Crippen LogP contribution < -0.4 is 5.32 Å². The summed E-state index contributed by atoms with van der Waals surface area (Å²) in [6.07, 6.45) is 5.69. The lowest BCUT2D eigenvalue weighted by Gasteiger charge is -2.35. The second kappa shape index (κ2) is 7.64. The Morgan fingerprint density at radius 1 is 1.47 bits per heavy atom. The Labute approximate surface area is 103 Å². The molecule has 1 aliphatic rings. The largest absolute Gasteiger partial charge is 0.316 e. The van der Waals surface area contributed by atoms with Crippen molar-refractivity contribution in [3.8, 4) is 0 Å². The van der Waals surface area contributed by atoms with Crippen LogP contribution in [0.3, 0.4) is 0 Å². The van der Waals surface area contributed by atoms with Gasteiger partial charge in [0.05, 0.1) is 0 Å². The molecule has 88 valence electrons. The molecule has 1 rings (SSSR count). The van der Waals surface area contributed by atoms with E-state index in [0.29, 0.717) is 6.04 Å². The summed E-state index contributed by atoms with van der Waals surface area (Å²) in [7, 11) is 2.10. The Kier molecular flexibility index (Phi) is 6.86. The van der Waals surface area contributed by atoms with E-state index in [4.69, 9.17) is 0 Å². The third-order valence-electron chi connectivity index (χ3n) is 2.94. The van der Waals surface area contributed by atoms with Gasteiger partial charge >= 0.3 is 0 Å². The third kappa shape index (κ3) is 4.04. The number of hydrogen-bond acceptors (Lipinski definition) is 3. The molecule has 1 N–H and O–H groups in total. The zero-order chi connectivity index (χ0) is 11.1. The van der Waals surface area contributed by atoms with Crippen molar-refractivity contribution >= 4 is 23.5 Å². The van der Waals surface area contributed by atoms with Gasteiger partial charge < -0.3 is 5.32 Å². The lowest BCUT2D eigenvalue weighted by molar-refractivity contribution is 0.492. The summed E-state index contributed by atoms with van der Waals surface area (Å²) in [6.45, 7) is 6.13. The molecule has 3 heteroatoms. The maximum absolute atomic E-state index is 3.81. The predicted molar refractivity (Wildman–Crippen MR) is 75.1 cm³/mol. The molecule has 3 unspecified atom stereocenters. The molecule has 1 saturated heterocycles. The summed E-state index contributed by atoms with van der Waals surface area (Å²) in [4.78, 5) is 0. The molecule has 1 fully saturated rings. The summed E-state index contributed by atoms with van der Waals surface area (Å²) >= 11 is 4.32. The van der Waals surface area contributed by atoms with E-state index in [-0.39, 0.29) is 0 Å². The molecular weight excluding hydrogens is 222 g/mol. The first-order valence-electron chi connectivity index (χ1n) is 5.84. The van der Waals surface area contributed by atoms with Gasteiger partial charge in [0.25, 0.3) is 0 Å². The Hall–Kier alpha value is 0.400. The van der Waals surface area contributed by atoms with Gasteiger partial charge in [0.2, 0.25) is 0 Å². The van der Waals surface area contributed by atoms with Crippen LogP contribution >= 0.6 is 23.5 Å². The lowest BCUT2D eigenvalue weighted by Crippen LogP contribution is -2.43. The standard InChI is InChI=1S/C12H23NS2/c1-4-6-7-10(13-3)12-11(5-2)14-8-9-15-12/h4,10-13H,1,5-9H2,2-3H3. The highest BCUT2D eigenvalue weighted by Crippen LogP contribution is 2.36. The molecule has 1 heterocycles. The lowest BCUT2D eigenvalue weighted by atomic mass is 10.0. The van der Waals surface area contributed by atoms with Crippen molar-refractivity contribution in [3.63, 3.8) is 0 Å². The molecule has 0 saturated carbocycles. The minimum absolute atomic E-state index is 0.658. The number of nitrogens with one attached hydrogen (secondary N) is 1. The molecule has 1 aliphatic heterocycles. The summed E-state index contributed by atoms with van der Waals surface area (Å²) in [5.41, 5.74) is 0. The van der Waals surface area contributed by atoms with Gasteiger partial charge in [-0.05, 0) is 26.3 Å². The fraction of sp³-hybridized carbons (Fsp3) is 0.833. The van der Waals surface area contributed by atoms with Crippen LogP contribution in [0.4, 0.5) is 0 Å². The van der Waals surface area contributed by atoms with E-state index >= 15 is 0 Å². The molecule has 0 aromatic carbocycles. The Morgan fingerprint density at radius 3 is 2.80 bits per heavy atom. The molecule has 0 aromatic heterocycles. The zero-order valence-electron chi connectivity index (χ0n) is 9.87. The van der Waals surface area contributed by atoms with E-state index in [0.717, 1.165) is 16.9 Å². The maximum atomic E-state index is 3.81. The summed E-state index contributed by atoms with van der Waals surface area (Å²) in [5, 5.41) is 5.12. The highest BCUT2D eigenvalue weighted by molar-refractivity contribution is 8.07. The van der Waals surface area contributed by atoms with Gasteiger partial charge in [-0.3, -0.25) is 0 Å². The summed E-state index contributed by atoms with van der Waals surface area (Å²) in [6, 6.07) is 0.658. The van der Waals surface area contributed by atoms with Gasteiger partial charge in [-0.1, -0.05) is 13.0 Å². The molecule has 3 atom stereocenters. The quantitative estimate of drug-likeness (QED) is 0.722. The fourth-order valence-corrected chi connectivity index (χ4v) is 5.42. The van der Waals surface area contributed by atoms with Crippen LogP contribution in [0.2, 0.25) is 0 Å². The number of thioether (sulfide) groups is 2. The van der Waals surface area contributed by atoms with Gasteiger partial charge in [-0.2, -0.15) is 23.5 Å². The van der Waals surface area contributed by atoms with Crippen LogP contribution in [-0.2, 0) is 0 Å². The summed E-state index contributed by atoms with van der Waals surface area (Å²) in [5.74, 6) is 2.65. The molecule has 0 bridgehead atoms. The minimum Gasteiger partial charge on any atom is -0.316 e. The Balaban J connectivity index is 2.50. The van der Waals surface area contributed by atoms with Crippen molar-refractivity contribution in [2.75, 3.05) is 18.6 Å². The zero-order valence-corrected chi connectivity index (χ0v) is 11.5. The molecule has 15 heavy (non-hydrogen) atoms. The van der Waals surface area contributed by atoms with E-state index in [1.54, 1.807) is 0 Å². The van der Waals surface area contributed by atoms with Gasteiger partial charge in [-0.25, -0.2) is 0 Å². The predicted octanol–water partition coefficient (Wildman–Crippen LogP) is 3.17. The summed E-state index contributed by atoms with van der Waals surface area (Å²) < 4.78 is 0. The van der Waals surface area contributed by atoms with Crippen LogP contribution in [0.15, 0.2) is 12.7 Å². The monoisotopic (exact) mass is 245 g/mol. The second-order valence-electron chi connectivity index (χ2n) is 3.91. The number of allylic oxidation sites excluding steroid dienone is 1. The van der Waals surface area contributed by atoms with Crippen LogP contribution in [0, 0.1) is 0 Å². The van der Waals surface area contributed by atoms with Gasteiger partial charge in [0.15, 0.2) is 0 Å². The first-order valence-corrected chi connectivity index (χ1v) is 7.94. The van der Waals surface area contributed by atoms with Crippen LogP contribution in [0.25, 0.3) is 0 Å². The third-order valence-corrected chi connectivity index (χ3v) is 6.35. The maximum Gasteiger partial charge on any atom is 0.0320 e. The molecule has 0 aromatic rings. The van der Waals surface area contributed by atoms with Crippen molar-refractivity contribution < 1.29 is 0 Å². The highest BCUT2D eigenvalue weighted by Gasteiger charge is 2.30. The molecule has 0 amide bonds. The average Bonchev–Trinajstić information content (AvgIpc) is 2.30. The highest BCUT2D eigenvalue weighted by atomic mass is 32.2. The molecule has 0 aliphatic carbocycles. The van der Waals surface area contributed by atoms with Crippen molar-refractivity contribution in [1.82, 2.24) is 5.32 Å². The first kappa shape index (κ1) is 13.5. The van der Waals surface area contributed by atoms with Gasteiger partial charge in [-0.15, -0.1) is 6.58 Å². The van der Waals surface area contributed by atoms with Crippen molar-refractivity contribution in [2.45, 2.75) is 42.7 Å². The minimum atomic E-state index is 0.658. The van der Waals surface area contributed by atoms with E-state index in [9.17, 15) is 0 Å². The van der Waals surface area contributed by atoms with Crippen LogP contribution in [0.1, 0.15) is 26.2 Å². The average molecular weight is 245 g/mol. The van der Waals surface area contributed by atoms with E-state index in [2.05, 4.69) is 49.4 Å². The Morgan fingerprint density at radius 2 is 2.20 bits per heavy atom. The van der Waals surface area contributed by atoms with E-state index in [1.807, 2.05) is 6.08 Å². The SMILES string of the molecule is C=CCCC(NC)C1SCCSC1CC. The van der Waals surface area contributed by atoms with Gasteiger partial charge in [0, 0.05) is 28.0 Å². The van der Waals surface area contributed by atoms with Crippen LogP contribution in [0.5, 0.6) is 0 Å². The smallest absolute Gasteiger partial charge is 0.0320 e. The van der Waals surface area contributed by atoms with Crippen molar-refractivity contribution in [1.29, 1.82) is 0 Å². The van der Waals surface area contributed by atoms with Crippen molar-refractivity contribution in [3.05, 3.63) is 12.7 Å². The van der Waals surface area contributed by atoms with E-state index in [1.165, 1.54) is 24.3 Å². The van der Waals surface area contributed by atoms with Crippen molar-refractivity contribution in [2.24, 2.45) is 0 Å². The topological polar surface area (TPSA) is 12.0 Å². The van der Waals surface area contributed by atoms with E-state index < -0.39 is 0 Å². The molecule has 1 nitrogen and oxygen atoms in total. The fourth-order valence-electron chi connectivity index (χ4n) is 2.08. The normalized spacial score (nSPS) is 28.7. The first-order chi connectivity index (χ1) is 7.33. The van der Waals surface area contributed by atoms with Gasteiger partial charge in [0.1, 0.15) is 0 Å². The second-order valence-corrected chi connectivity index (χ2v) is 6.55. The number of rotatable bonds is 6. The molecular formula is C12H23NS2. The molecule has 0 radical (unpaired) electrons. The molecule has 0 spiro atoms. The Bertz CT molecular complexity index is 184. The van der Waals surface area contributed by atoms with Crippen LogP contribution in [-0.4, -0.2) is 35.1 Å².